The van der Waals surface area contributed by atoms with Gasteiger partial charge in [0.2, 0.25) is 0 Å². The third kappa shape index (κ3) is 2.22. The first-order valence-corrected chi connectivity index (χ1v) is 5.14. The summed E-state index contributed by atoms with van der Waals surface area (Å²) in [6, 6.07) is 0. The largest absolute Gasteiger partial charge is 0.396 e. The first kappa shape index (κ1) is 11.0. The van der Waals surface area contributed by atoms with Gasteiger partial charge in [0.25, 0.3) is 0 Å². The van der Waals surface area contributed by atoms with Crippen molar-refractivity contribution in [3.05, 3.63) is 0 Å². The highest BCUT2D eigenvalue weighted by molar-refractivity contribution is 4.90. The Labute approximate surface area is 80.9 Å². The van der Waals surface area contributed by atoms with Crippen LogP contribution in [0.4, 0.5) is 0 Å². The number of likely N-dealkylation sites (tertiary alicyclic amines) is 1. The molecule has 0 aliphatic carbocycles. The maximum atomic E-state index is 9.03. The van der Waals surface area contributed by atoms with Crippen molar-refractivity contribution in [2.24, 2.45) is 17.1 Å². The van der Waals surface area contributed by atoms with Crippen LogP contribution in [0.5, 0.6) is 0 Å². The lowest BCUT2D eigenvalue weighted by Crippen LogP contribution is -2.49. The lowest BCUT2D eigenvalue weighted by atomic mass is 9.69. The molecule has 1 fully saturated rings. The monoisotopic (exact) mass is 186 g/mol. The fraction of sp³-hybridized carbons (Fsp3) is 1.00. The van der Waals surface area contributed by atoms with Crippen LogP contribution < -0.4 is 5.73 Å². The van der Waals surface area contributed by atoms with Gasteiger partial charge in [-0.1, -0.05) is 6.92 Å². The van der Waals surface area contributed by atoms with E-state index in [-0.39, 0.29) is 12.0 Å². The molecule has 0 saturated carbocycles. The molecular formula is C10H22N2O. The van der Waals surface area contributed by atoms with Crippen LogP contribution >= 0.6 is 0 Å². The summed E-state index contributed by atoms with van der Waals surface area (Å²) >= 11 is 0. The number of rotatable bonds is 3. The van der Waals surface area contributed by atoms with Crippen molar-refractivity contribution in [1.29, 1.82) is 0 Å². The molecule has 0 spiro atoms. The zero-order valence-corrected chi connectivity index (χ0v) is 8.79. The van der Waals surface area contributed by atoms with Gasteiger partial charge >= 0.3 is 0 Å². The summed E-state index contributed by atoms with van der Waals surface area (Å²) in [4.78, 5) is 2.34. The highest BCUT2D eigenvalue weighted by Crippen LogP contribution is 2.37. The maximum Gasteiger partial charge on any atom is 0.0436 e. The maximum absolute atomic E-state index is 9.03. The van der Waals surface area contributed by atoms with E-state index in [0.717, 1.165) is 25.9 Å². The molecule has 0 aromatic rings. The quantitative estimate of drug-likeness (QED) is 0.666. The van der Waals surface area contributed by atoms with Gasteiger partial charge in [0.1, 0.15) is 0 Å². The molecule has 1 rings (SSSR count). The number of nitrogens with two attached hydrogens (primary N) is 1. The molecular weight excluding hydrogens is 164 g/mol. The van der Waals surface area contributed by atoms with E-state index in [4.69, 9.17) is 10.8 Å². The Kier molecular flexibility index (Phi) is 3.71. The number of nitrogens with zero attached hydrogens (tertiary/aromatic N) is 1. The minimum atomic E-state index is 0.196. The molecule has 3 N–H and O–H groups in total. The van der Waals surface area contributed by atoms with Crippen LogP contribution in [0, 0.1) is 11.3 Å². The SMILES string of the molecule is CC1CN(C)CCC1(CN)CCO. The van der Waals surface area contributed by atoms with E-state index in [1.807, 2.05) is 0 Å². The summed E-state index contributed by atoms with van der Waals surface area (Å²) in [7, 11) is 2.15. The van der Waals surface area contributed by atoms with E-state index in [2.05, 4.69) is 18.9 Å². The second kappa shape index (κ2) is 4.40. The van der Waals surface area contributed by atoms with Gasteiger partial charge < -0.3 is 15.7 Å². The Hall–Kier alpha value is -0.120. The van der Waals surface area contributed by atoms with Crippen LogP contribution in [0.25, 0.3) is 0 Å². The minimum absolute atomic E-state index is 0.196. The van der Waals surface area contributed by atoms with Gasteiger partial charge in [-0.05, 0) is 44.3 Å². The Morgan fingerprint density at radius 3 is 2.77 bits per heavy atom. The van der Waals surface area contributed by atoms with Gasteiger partial charge in [-0.25, -0.2) is 0 Å². The van der Waals surface area contributed by atoms with E-state index in [1.165, 1.54) is 0 Å². The fourth-order valence-corrected chi connectivity index (χ4v) is 2.41. The summed E-state index contributed by atoms with van der Waals surface area (Å²) in [5.74, 6) is 0.600. The molecule has 0 aromatic carbocycles. The van der Waals surface area contributed by atoms with Crippen molar-refractivity contribution in [2.45, 2.75) is 19.8 Å². The van der Waals surface area contributed by atoms with Crippen LogP contribution in [-0.2, 0) is 0 Å². The number of hydrogen-bond acceptors (Lipinski definition) is 3. The molecule has 1 aliphatic heterocycles. The van der Waals surface area contributed by atoms with Gasteiger partial charge in [0, 0.05) is 13.2 Å². The fourth-order valence-electron chi connectivity index (χ4n) is 2.41. The smallest absolute Gasteiger partial charge is 0.0436 e. The Morgan fingerprint density at radius 1 is 1.62 bits per heavy atom. The minimum Gasteiger partial charge on any atom is -0.396 e. The van der Waals surface area contributed by atoms with Crippen molar-refractivity contribution in [1.82, 2.24) is 4.90 Å². The summed E-state index contributed by atoms with van der Waals surface area (Å²) < 4.78 is 0. The molecule has 0 amide bonds. The Balaban J connectivity index is 2.63. The first-order valence-electron chi connectivity index (χ1n) is 5.14. The van der Waals surface area contributed by atoms with Crippen molar-refractivity contribution in [2.75, 3.05) is 33.3 Å². The highest BCUT2D eigenvalue weighted by atomic mass is 16.3. The Bertz CT molecular complexity index is 163. The summed E-state index contributed by atoms with van der Waals surface area (Å²) in [5.41, 5.74) is 6.03. The van der Waals surface area contributed by atoms with E-state index in [1.54, 1.807) is 0 Å². The zero-order valence-electron chi connectivity index (χ0n) is 8.79. The number of hydrogen-bond donors (Lipinski definition) is 2. The third-order valence-electron chi connectivity index (χ3n) is 3.64. The van der Waals surface area contributed by atoms with Crippen molar-refractivity contribution < 1.29 is 5.11 Å². The molecule has 0 aromatic heterocycles. The van der Waals surface area contributed by atoms with Crippen molar-refractivity contribution in [3.63, 3.8) is 0 Å². The van der Waals surface area contributed by atoms with Gasteiger partial charge in [-0.3, -0.25) is 0 Å². The summed E-state index contributed by atoms with van der Waals surface area (Å²) in [5, 5.41) is 9.03. The topological polar surface area (TPSA) is 49.5 Å². The lowest BCUT2D eigenvalue weighted by Gasteiger charge is -2.45. The summed E-state index contributed by atoms with van der Waals surface area (Å²) in [6.07, 6.45) is 1.99. The normalized spacial score (nSPS) is 36.5. The predicted molar refractivity (Wildman–Crippen MR) is 54.5 cm³/mol. The summed E-state index contributed by atoms with van der Waals surface area (Å²) in [6.45, 7) is 5.45. The van der Waals surface area contributed by atoms with Crippen LogP contribution in [0.3, 0.4) is 0 Å². The first-order chi connectivity index (χ1) is 6.14. The van der Waals surface area contributed by atoms with Crippen LogP contribution in [0.2, 0.25) is 0 Å². The van der Waals surface area contributed by atoms with Gasteiger partial charge in [0.15, 0.2) is 0 Å². The average Bonchev–Trinajstić information content (AvgIpc) is 2.11. The highest BCUT2D eigenvalue weighted by Gasteiger charge is 2.37. The van der Waals surface area contributed by atoms with Crippen molar-refractivity contribution >= 4 is 0 Å². The van der Waals surface area contributed by atoms with E-state index in [9.17, 15) is 0 Å². The van der Waals surface area contributed by atoms with Crippen LogP contribution in [-0.4, -0.2) is 43.3 Å². The van der Waals surface area contributed by atoms with E-state index < -0.39 is 0 Å². The van der Waals surface area contributed by atoms with Crippen molar-refractivity contribution in [3.8, 4) is 0 Å². The number of piperidine rings is 1. The average molecular weight is 186 g/mol. The molecule has 0 radical (unpaired) electrons. The zero-order chi connectivity index (χ0) is 9.90. The molecule has 0 bridgehead atoms. The molecule has 2 atom stereocenters. The predicted octanol–water partition coefficient (Wildman–Crippen LogP) is 0.286. The molecule has 1 aliphatic rings. The molecule has 1 saturated heterocycles. The van der Waals surface area contributed by atoms with Gasteiger partial charge in [0.05, 0.1) is 0 Å². The molecule has 78 valence electrons. The van der Waals surface area contributed by atoms with Crippen LogP contribution in [0.15, 0.2) is 0 Å². The van der Waals surface area contributed by atoms with Crippen LogP contribution in [0.1, 0.15) is 19.8 Å². The Morgan fingerprint density at radius 2 is 2.31 bits per heavy atom. The second-order valence-corrected chi connectivity index (χ2v) is 4.45. The standard InChI is InChI=1S/C10H22N2O/c1-9-7-12(2)5-3-10(9,8-11)4-6-13/h9,13H,3-8,11H2,1-2H3. The van der Waals surface area contributed by atoms with Gasteiger partial charge in [-0.2, -0.15) is 0 Å². The van der Waals surface area contributed by atoms with E-state index in [0.29, 0.717) is 12.5 Å². The molecule has 2 unspecified atom stereocenters. The number of aliphatic hydroxyl groups is 1. The van der Waals surface area contributed by atoms with Gasteiger partial charge in [-0.15, -0.1) is 0 Å². The molecule has 3 nitrogen and oxygen atoms in total. The van der Waals surface area contributed by atoms with E-state index >= 15 is 0 Å². The lowest BCUT2D eigenvalue weighted by molar-refractivity contribution is 0.0391. The molecule has 13 heavy (non-hydrogen) atoms. The third-order valence-corrected chi connectivity index (χ3v) is 3.64. The second-order valence-electron chi connectivity index (χ2n) is 4.45. The molecule has 1 heterocycles. The number of aliphatic hydroxyl groups excluding tert-OH is 1. The molecule has 3 heteroatoms.